The molecular weight excluding hydrogens is 435 g/mol. The molecule has 0 saturated heterocycles. The smallest absolute Gasteiger partial charge is 0.234 e. The molecule has 4 rings (SSSR count). The van der Waals surface area contributed by atoms with Crippen LogP contribution in [0.15, 0.2) is 78.0 Å². The maximum absolute atomic E-state index is 13.5. The predicted octanol–water partition coefficient (Wildman–Crippen LogP) is 5.77. The third-order valence-corrected chi connectivity index (χ3v) is 5.72. The van der Waals surface area contributed by atoms with Gasteiger partial charge in [-0.25, -0.2) is 4.39 Å². The molecule has 0 radical (unpaired) electrons. The van der Waals surface area contributed by atoms with Gasteiger partial charge in [0, 0.05) is 22.0 Å². The van der Waals surface area contributed by atoms with E-state index in [0.29, 0.717) is 27.4 Å². The highest BCUT2D eigenvalue weighted by molar-refractivity contribution is 7.99. The SMILES string of the molecule is Cc1ccc(Cl)cc1NC(=O)CSc1nnc(-c2ccccc2)n1-c1ccc(F)cc1. The summed E-state index contributed by atoms with van der Waals surface area (Å²) >= 11 is 7.28. The molecule has 8 heteroatoms. The maximum Gasteiger partial charge on any atom is 0.234 e. The average molecular weight is 453 g/mol. The van der Waals surface area contributed by atoms with E-state index in [1.54, 1.807) is 24.3 Å². The Morgan fingerprint density at radius 3 is 2.55 bits per heavy atom. The highest BCUT2D eigenvalue weighted by atomic mass is 35.5. The van der Waals surface area contributed by atoms with Crippen LogP contribution >= 0.6 is 23.4 Å². The lowest BCUT2D eigenvalue weighted by Gasteiger charge is -2.11. The fourth-order valence-electron chi connectivity index (χ4n) is 3.01. The first-order valence-electron chi connectivity index (χ1n) is 9.47. The fourth-order valence-corrected chi connectivity index (χ4v) is 3.93. The quantitative estimate of drug-likeness (QED) is 0.377. The summed E-state index contributed by atoms with van der Waals surface area (Å²) in [6, 6.07) is 21.0. The van der Waals surface area contributed by atoms with E-state index in [4.69, 9.17) is 11.6 Å². The van der Waals surface area contributed by atoms with Gasteiger partial charge in [-0.2, -0.15) is 0 Å². The number of nitrogens with one attached hydrogen (secondary N) is 1. The van der Waals surface area contributed by atoms with Crippen molar-refractivity contribution < 1.29 is 9.18 Å². The first-order chi connectivity index (χ1) is 15.0. The van der Waals surface area contributed by atoms with Crippen LogP contribution in [0.25, 0.3) is 17.1 Å². The number of hydrogen-bond donors (Lipinski definition) is 1. The molecule has 0 atom stereocenters. The molecule has 1 heterocycles. The molecule has 0 saturated carbocycles. The van der Waals surface area contributed by atoms with Gasteiger partial charge < -0.3 is 5.32 Å². The summed E-state index contributed by atoms with van der Waals surface area (Å²) in [5.74, 6) is 0.217. The number of carbonyl (C=O) groups excluding carboxylic acids is 1. The van der Waals surface area contributed by atoms with Crippen molar-refractivity contribution in [2.75, 3.05) is 11.1 Å². The van der Waals surface area contributed by atoms with E-state index < -0.39 is 0 Å². The largest absolute Gasteiger partial charge is 0.325 e. The van der Waals surface area contributed by atoms with Gasteiger partial charge in [0.05, 0.1) is 5.75 Å². The third-order valence-electron chi connectivity index (χ3n) is 4.56. The molecule has 0 fully saturated rings. The molecule has 1 N–H and O–H groups in total. The number of nitrogens with zero attached hydrogens (tertiary/aromatic N) is 3. The van der Waals surface area contributed by atoms with Crippen molar-refractivity contribution in [3.05, 3.63) is 89.2 Å². The molecule has 0 spiro atoms. The molecule has 1 aromatic heterocycles. The lowest BCUT2D eigenvalue weighted by Crippen LogP contribution is -2.15. The van der Waals surface area contributed by atoms with Crippen molar-refractivity contribution in [2.24, 2.45) is 0 Å². The highest BCUT2D eigenvalue weighted by Crippen LogP contribution is 2.28. The summed E-state index contributed by atoms with van der Waals surface area (Å²) in [5.41, 5.74) is 3.16. The Morgan fingerprint density at radius 2 is 1.81 bits per heavy atom. The summed E-state index contributed by atoms with van der Waals surface area (Å²) in [6.45, 7) is 1.90. The maximum atomic E-state index is 13.5. The molecule has 3 aromatic carbocycles. The van der Waals surface area contributed by atoms with Crippen LogP contribution in [0.1, 0.15) is 5.56 Å². The van der Waals surface area contributed by atoms with Gasteiger partial charge in [-0.3, -0.25) is 9.36 Å². The van der Waals surface area contributed by atoms with Crippen molar-refractivity contribution in [3.8, 4) is 17.1 Å². The molecule has 156 valence electrons. The van der Waals surface area contributed by atoms with E-state index in [2.05, 4.69) is 15.5 Å². The Kier molecular flexibility index (Phi) is 6.34. The number of amides is 1. The Labute approximate surface area is 188 Å². The Bertz CT molecular complexity index is 1210. The number of rotatable bonds is 6. The van der Waals surface area contributed by atoms with E-state index >= 15 is 0 Å². The number of aryl methyl sites for hydroxylation is 1. The molecule has 0 bridgehead atoms. The van der Waals surface area contributed by atoms with Gasteiger partial charge in [-0.15, -0.1) is 10.2 Å². The Balaban J connectivity index is 1.59. The third kappa shape index (κ3) is 4.95. The number of hydrogen-bond acceptors (Lipinski definition) is 4. The second-order valence-corrected chi connectivity index (χ2v) is 8.16. The topological polar surface area (TPSA) is 59.8 Å². The van der Waals surface area contributed by atoms with Crippen molar-refractivity contribution in [3.63, 3.8) is 0 Å². The van der Waals surface area contributed by atoms with E-state index in [9.17, 15) is 9.18 Å². The lowest BCUT2D eigenvalue weighted by molar-refractivity contribution is -0.113. The van der Waals surface area contributed by atoms with Gasteiger partial charge in [0.2, 0.25) is 5.91 Å². The molecule has 1 amide bonds. The zero-order chi connectivity index (χ0) is 21.8. The van der Waals surface area contributed by atoms with Crippen LogP contribution < -0.4 is 5.32 Å². The Hall–Kier alpha value is -3.16. The number of anilines is 1. The molecule has 31 heavy (non-hydrogen) atoms. The first-order valence-corrected chi connectivity index (χ1v) is 10.8. The van der Waals surface area contributed by atoms with Crippen LogP contribution in [-0.4, -0.2) is 26.4 Å². The van der Waals surface area contributed by atoms with Crippen LogP contribution in [0.3, 0.4) is 0 Å². The van der Waals surface area contributed by atoms with Crippen LogP contribution in [-0.2, 0) is 4.79 Å². The molecule has 4 aromatic rings. The van der Waals surface area contributed by atoms with Gasteiger partial charge in [0.1, 0.15) is 5.82 Å². The summed E-state index contributed by atoms with van der Waals surface area (Å²) < 4.78 is 15.3. The predicted molar refractivity (Wildman–Crippen MR) is 122 cm³/mol. The number of aromatic nitrogens is 3. The molecule has 0 aliphatic rings. The zero-order valence-electron chi connectivity index (χ0n) is 16.5. The number of thioether (sulfide) groups is 1. The van der Waals surface area contributed by atoms with Crippen LogP contribution in [0.5, 0.6) is 0 Å². The minimum atomic E-state index is -0.330. The van der Waals surface area contributed by atoms with Crippen molar-refractivity contribution in [2.45, 2.75) is 12.1 Å². The van der Waals surface area contributed by atoms with E-state index in [-0.39, 0.29) is 17.5 Å². The van der Waals surface area contributed by atoms with Gasteiger partial charge >= 0.3 is 0 Å². The molecule has 0 aliphatic heterocycles. The van der Waals surface area contributed by atoms with Gasteiger partial charge in [-0.1, -0.05) is 59.8 Å². The molecule has 0 aliphatic carbocycles. The zero-order valence-corrected chi connectivity index (χ0v) is 18.1. The minimum absolute atomic E-state index is 0.125. The van der Waals surface area contributed by atoms with Gasteiger partial charge in [0.25, 0.3) is 0 Å². The molecule has 5 nitrogen and oxygen atoms in total. The molecular formula is C23H18ClFN4OS. The summed E-state index contributed by atoms with van der Waals surface area (Å²) in [6.07, 6.45) is 0. The fraction of sp³-hybridized carbons (Fsp3) is 0.0870. The van der Waals surface area contributed by atoms with Crippen molar-refractivity contribution >= 4 is 35.0 Å². The van der Waals surface area contributed by atoms with Crippen molar-refractivity contribution in [1.82, 2.24) is 14.8 Å². The number of benzene rings is 3. The second-order valence-electron chi connectivity index (χ2n) is 6.78. The van der Waals surface area contributed by atoms with Crippen LogP contribution in [0, 0.1) is 12.7 Å². The highest BCUT2D eigenvalue weighted by Gasteiger charge is 2.17. The normalized spacial score (nSPS) is 10.8. The minimum Gasteiger partial charge on any atom is -0.325 e. The number of carbonyl (C=O) groups is 1. The van der Waals surface area contributed by atoms with E-state index in [1.807, 2.05) is 47.9 Å². The Morgan fingerprint density at radius 1 is 1.06 bits per heavy atom. The second kappa shape index (κ2) is 9.32. The molecule has 0 unspecified atom stereocenters. The average Bonchev–Trinajstić information content (AvgIpc) is 3.20. The summed E-state index contributed by atoms with van der Waals surface area (Å²) in [4.78, 5) is 12.5. The number of halogens is 2. The van der Waals surface area contributed by atoms with E-state index in [0.717, 1.165) is 11.1 Å². The van der Waals surface area contributed by atoms with Crippen LogP contribution in [0.4, 0.5) is 10.1 Å². The van der Waals surface area contributed by atoms with E-state index in [1.165, 1.54) is 23.9 Å². The monoisotopic (exact) mass is 452 g/mol. The lowest BCUT2D eigenvalue weighted by atomic mass is 10.2. The standard InChI is InChI=1S/C23H18ClFN4OS/c1-15-7-8-17(24)13-20(15)26-21(30)14-31-23-28-27-22(16-5-3-2-4-6-16)29(23)19-11-9-18(25)10-12-19/h2-13H,14H2,1H3,(H,26,30). The van der Waals surface area contributed by atoms with Gasteiger partial charge in [0.15, 0.2) is 11.0 Å². The van der Waals surface area contributed by atoms with Gasteiger partial charge in [-0.05, 0) is 48.9 Å². The summed E-state index contributed by atoms with van der Waals surface area (Å²) in [5, 5.41) is 12.6. The van der Waals surface area contributed by atoms with Crippen LogP contribution in [0.2, 0.25) is 5.02 Å². The van der Waals surface area contributed by atoms with Crippen molar-refractivity contribution in [1.29, 1.82) is 0 Å². The first kappa shape index (κ1) is 21.1. The summed E-state index contributed by atoms with van der Waals surface area (Å²) in [7, 11) is 0.